The maximum atomic E-state index is 11.6. The van der Waals surface area contributed by atoms with E-state index >= 15 is 0 Å². The topological polar surface area (TPSA) is 29.5 Å². The van der Waals surface area contributed by atoms with E-state index in [1.54, 1.807) is 11.9 Å². The van der Waals surface area contributed by atoms with Crippen molar-refractivity contribution in [1.82, 2.24) is 4.90 Å². The summed E-state index contributed by atoms with van der Waals surface area (Å²) in [5.74, 6) is 0.825. The van der Waals surface area contributed by atoms with Gasteiger partial charge in [-0.1, -0.05) is 18.2 Å². The zero-order valence-electron chi connectivity index (χ0n) is 10.4. The number of likely N-dealkylation sites (N-methyl/N-ethyl adjacent to an activating group) is 1. The lowest BCUT2D eigenvalue weighted by atomic mass is 10.1. The average molecular weight is 221 g/mol. The summed E-state index contributed by atoms with van der Waals surface area (Å²) in [5, 5.41) is 0. The summed E-state index contributed by atoms with van der Waals surface area (Å²) in [4.78, 5) is 13.2. The normalized spacial score (nSPS) is 10.0. The molecule has 1 rings (SSSR count). The first-order valence-electron chi connectivity index (χ1n) is 5.49. The first-order chi connectivity index (χ1) is 7.56. The fraction of sp³-hybridized carbons (Fsp3) is 0.462. The Morgan fingerprint density at radius 3 is 2.38 bits per heavy atom. The minimum absolute atomic E-state index is 0.00477. The molecule has 0 unspecified atom stereocenters. The fourth-order valence-electron chi connectivity index (χ4n) is 1.45. The van der Waals surface area contributed by atoms with Gasteiger partial charge in [-0.05, 0) is 31.9 Å². The van der Waals surface area contributed by atoms with Crippen molar-refractivity contribution in [3.63, 3.8) is 0 Å². The number of carbonyl (C=O) groups is 1. The minimum Gasteiger partial charge on any atom is -0.483 e. The van der Waals surface area contributed by atoms with E-state index in [0.29, 0.717) is 6.54 Å². The molecule has 1 amide bonds. The number of aryl methyl sites for hydroxylation is 2. The largest absolute Gasteiger partial charge is 0.483 e. The van der Waals surface area contributed by atoms with Crippen LogP contribution in [0.1, 0.15) is 18.1 Å². The molecule has 16 heavy (non-hydrogen) atoms. The highest BCUT2D eigenvalue weighted by molar-refractivity contribution is 5.77. The van der Waals surface area contributed by atoms with Gasteiger partial charge in [0.2, 0.25) is 0 Å². The Morgan fingerprint density at radius 1 is 1.31 bits per heavy atom. The monoisotopic (exact) mass is 221 g/mol. The van der Waals surface area contributed by atoms with Gasteiger partial charge in [0.05, 0.1) is 0 Å². The molecule has 1 aromatic carbocycles. The van der Waals surface area contributed by atoms with Crippen LogP contribution in [0.4, 0.5) is 0 Å². The van der Waals surface area contributed by atoms with Gasteiger partial charge < -0.3 is 9.64 Å². The lowest BCUT2D eigenvalue weighted by Gasteiger charge is -2.16. The molecule has 0 aliphatic rings. The van der Waals surface area contributed by atoms with Crippen molar-refractivity contribution in [3.05, 3.63) is 29.3 Å². The Morgan fingerprint density at radius 2 is 1.88 bits per heavy atom. The molecule has 0 bridgehead atoms. The highest BCUT2D eigenvalue weighted by atomic mass is 16.5. The molecule has 88 valence electrons. The van der Waals surface area contributed by atoms with E-state index in [4.69, 9.17) is 4.74 Å². The maximum Gasteiger partial charge on any atom is 0.260 e. The van der Waals surface area contributed by atoms with Crippen LogP contribution in [0.15, 0.2) is 18.2 Å². The third-order valence-electron chi connectivity index (χ3n) is 2.65. The van der Waals surface area contributed by atoms with Crippen LogP contribution in [0.2, 0.25) is 0 Å². The number of para-hydroxylation sites is 1. The van der Waals surface area contributed by atoms with Crippen LogP contribution < -0.4 is 4.74 Å². The van der Waals surface area contributed by atoms with Crippen LogP contribution in [0, 0.1) is 13.8 Å². The molecule has 1 aromatic rings. The highest BCUT2D eigenvalue weighted by Crippen LogP contribution is 2.22. The number of carbonyl (C=O) groups excluding carboxylic acids is 1. The summed E-state index contributed by atoms with van der Waals surface area (Å²) in [7, 11) is 1.77. The Balaban J connectivity index is 2.65. The summed E-state index contributed by atoms with van der Waals surface area (Å²) >= 11 is 0. The molecule has 0 aliphatic heterocycles. The molecule has 0 fully saturated rings. The molecule has 0 spiro atoms. The van der Waals surface area contributed by atoms with E-state index in [1.165, 1.54) is 0 Å². The number of nitrogens with zero attached hydrogens (tertiary/aromatic N) is 1. The Labute approximate surface area is 97.0 Å². The van der Waals surface area contributed by atoms with Crippen molar-refractivity contribution < 1.29 is 9.53 Å². The van der Waals surface area contributed by atoms with Gasteiger partial charge in [0, 0.05) is 13.6 Å². The molecule has 0 atom stereocenters. The Kier molecular flexibility index (Phi) is 4.35. The van der Waals surface area contributed by atoms with Gasteiger partial charge in [0.15, 0.2) is 6.61 Å². The molecule has 0 heterocycles. The van der Waals surface area contributed by atoms with E-state index in [2.05, 4.69) is 0 Å². The van der Waals surface area contributed by atoms with Crippen LogP contribution in [-0.2, 0) is 4.79 Å². The Bertz CT molecular complexity index is 354. The van der Waals surface area contributed by atoms with Crippen LogP contribution in [-0.4, -0.2) is 31.0 Å². The summed E-state index contributed by atoms with van der Waals surface area (Å²) in [5.41, 5.74) is 2.12. The zero-order valence-corrected chi connectivity index (χ0v) is 10.4. The van der Waals surface area contributed by atoms with Gasteiger partial charge in [-0.3, -0.25) is 4.79 Å². The standard InChI is InChI=1S/C13H19NO2/c1-5-14(4)12(15)9-16-13-10(2)7-6-8-11(13)3/h6-8H,5,9H2,1-4H3. The third kappa shape index (κ3) is 2.99. The minimum atomic E-state index is 0.00477. The van der Waals surface area contributed by atoms with Crippen molar-refractivity contribution in [2.45, 2.75) is 20.8 Å². The molecule has 0 N–H and O–H groups in total. The molecule has 3 nitrogen and oxygen atoms in total. The van der Waals surface area contributed by atoms with Gasteiger partial charge in [-0.2, -0.15) is 0 Å². The predicted octanol–water partition coefficient (Wildman–Crippen LogP) is 2.16. The van der Waals surface area contributed by atoms with Crippen LogP contribution in [0.25, 0.3) is 0 Å². The molecular weight excluding hydrogens is 202 g/mol. The molecule has 0 saturated carbocycles. The molecule has 0 saturated heterocycles. The second-order valence-corrected chi connectivity index (χ2v) is 3.92. The number of ether oxygens (including phenoxy) is 1. The molecule has 3 heteroatoms. The molecule has 0 aliphatic carbocycles. The third-order valence-corrected chi connectivity index (χ3v) is 2.65. The number of rotatable bonds is 4. The molecule has 0 aromatic heterocycles. The van der Waals surface area contributed by atoms with E-state index in [9.17, 15) is 4.79 Å². The zero-order chi connectivity index (χ0) is 12.1. The molecule has 0 radical (unpaired) electrons. The lowest BCUT2D eigenvalue weighted by molar-refractivity contribution is -0.131. The number of benzene rings is 1. The summed E-state index contributed by atoms with van der Waals surface area (Å²) in [6, 6.07) is 5.95. The summed E-state index contributed by atoms with van der Waals surface area (Å²) < 4.78 is 5.56. The molecular formula is C13H19NO2. The van der Waals surface area contributed by atoms with Crippen LogP contribution in [0.5, 0.6) is 5.75 Å². The summed E-state index contributed by atoms with van der Waals surface area (Å²) in [6.07, 6.45) is 0. The highest BCUT2D eigenvalue weighted by Gasteiger charge is 2.09. The average Bonchev–Trinajstić information content (AvgIpc) is 2.27. The number of amides is 1. The van der Waals surface area contributed by atoms with E-state index in [1.807, 2.05) is 39.0 Å². The first-order valence-corrected chi connectivity index (χ1v) is 5.49. The first kappa shape index (κ1) is 12.6. The smallest absolute Gasteiger partial charge is 0.260 e. The van der Waals surface area contributed by atoms with Crippen molar-refractivity contribution >= 4 is 5.91 Å². The van der Waals surface area contributed by atoms with Crippen LogP contribution in [0.3, 0.4) is 0 Å². The van der Waals surface area contributed by atoms with Crippen molar-refractivity contribution in [1.29, 1.82) is 0 Å². The van der Waals surface area contributed by atoms with Crippen molar-refractivity contribution in [2.24, 2.45) is 0 Å². The second kappa shape index (κ2) is 5.54. The SMILES string of the molecule is CCN(C)C(=O)COc1c(C)cccc1C. The van der Waals surface area contributed by atoms with E-state index in [0.717, 1.165) is 16.9 Å². The van der Waals surface area contributed by atoms with E-state index < -0.39 is 0 Å². The van der Waals surface area contributed by atoms with Gasteiger partial charge >= 0.3 is 0 Å². The van der Waals surface area contributed by atoms with Crippen LogP contribution >= 0.6 is 0 Å². The number of hydrogen-bond donors (Lipinski definition) is 0. The predicted molar refractivity (Wildman–Crippen MR) is 64.7 cm³/mol. The van der Waals surface area contributed by atoms with Gasteiger partial charge in [0.25, 0.3) is 5.91 Å². The number of hydrogen-bond acceptors (Lipinski definition) is 2. The van der Waals surface area contributed by atoms with E-state index in [-0.39, 0.29) is 12.5 Å². The van der Waals surface area contributed by atoms with Gasteiger partial charge in [-0.15, -0.1) is 0 Å². The summed E-state index contributed by atoms with van der Waals surface area (Å²) in [6.45, 7) is 6.72. The maximum absolute atomic E-state index is 11.6. The van der Waals surface area contributed by atoms with Gasteiger partial charge in [0.1, 0.15) is 5.75 Å². The lowest BCUT2D eigenvalue weighted by Crippen LogP contribution is -2.31. The quantitative estimate of drug-likeness (QED) is 0.779. The Hall–Kier alpha value is -1.51. The van der Waals surface area contributed by atoms with Crippen molar-refractivity contribution in [3.8, 4) is 5.75 Å². The van der Waals surface area contributed by atoms with Crippen molar-refractivity contribution in [2.75, 3.05) is 20.2 Å². The van der Waals surface area contributed by atoms with Gasteiger partial charge in [-0.25, -0.2) is 0 Å². The second-order valence-electron chi connectivity index (χ2n) is 3.92. The fourth-order valence-corrected chi connectivity index (χ4v) is 1.45.